The normalized spacial score (nSPS) is 15.7. The highest BCUT2D eigenvalue weighted by molar-refractivity contribution is 6.32. The lowest BCUT2D eigenvalue weighted by atomic mass is 10.1. The van der Waals surface area contributed by atoms with Gasteiger partial charge in [0.05, 0.1) is 33.8 Å². The van der Waals surface area contributed by atoms with Gasteiger partial charge >= 0.3 is 0 Å². The van der Waals surface area contributed by atoms with E-state index in [4.69, 9.17) is 17.3 Å². The number of carbonyl (C=O) groups is 1. The van der Waals surface area contributed by atoms with Gasteiger partial charge < -0.3 is 15.2 Å². The number of rotatable bonds is 2. The molecule has 1 amide bonds. The third kappa shape index (κ3) is 3.39. The smallest absolute Gasteiger partial charge is 0.246 e. The van der Waals surface area contributed by atoms with E-state index in [2.05, 4.69) is 33.5 Å². The van der Waals surface area contributed by atoms with Gasteiger partial charge in [-0.2, -0.15) is 5.10 Å². The highest BCUT2D eigenvalue weighted by atomic mass is 35.5. The molecule has 0 spiro atoms. The molecule has 1 fully saturated rings. The fourth-order valence-corrected chi connectivity index (χ4v) is 4.40. The number of nitrogens with zero attached hydrogens (tertiary/aromatic N) is 6. The lowest BCUT2D eigenvalue weighted by Crippen LogP contribution is -2.27. The number of hydrogen-bond donors (Lipinski definition) is 1. The summed E-state index contributed by atoms with van der Waals surface area (Å²) < 4.78 is 18.2. The van der Waals surface area contributed by atoms with E-state index in [0.29, 0.717) is 40.8 Å². The molecule has 1 saturated heterocycles. The summed E-state index contributed by atoms with van der Waals surface area (Å²) in [6.07, 6.45) is 5.17. The van der Waals surface area contributed by atoms with Gasteiger partial charge in [0.2, 0.25) is 5.91 Å². The summed E-state index contributed by atoms with van der Waals surface area (Å²) >= 11 is 6.26. The van der Waals surface area contributed by atoms with Crippen molar-refractivity contribution in [1.82, 2.24) is 29.2 Å². The summed E-state index contributed by atoms with van der Waals surface area (Å²) in [5.74, 6) is 5.51. The van der Waals surface area contributed by atoms with Crippen LogP contribution in [0, 0.1) is 17.7 Å². The van der Waals surface area contributed by atoms with Crippen LogP contribution in [-0.4, -0.2) is 48.2 Å². The van der Waals surface area contributed by atoms with Gasteiger partial charge in [-0.05, 0) is 30.6 Å². The van der Waals surface area contributed by atoms with E-state index in [1.807, 2.05) is 10.7 Å². The molecular formula is C23H19ClFN7O. The van der Waals surface area contributed by atoms with Crippen LogP contribution in [0.3, 0.4) is 0 Å². The third-order valence-corrected chi connectivity index (χ3v) is 6.21. The van der Waals surface area contributed by atoms with Gasteiger partial charge in [0.25, 0.3) is 0 Å². The first-order chi connectivity index (χ1) is 15.9. The number of nitrogen functional groups attached to an aromatic ring is 1. The second-order valence-corrected chi connectivity index (χ2v) is 8.22. The number of amides is 1. The number of benzene rings is 1. The van der Waals surface area contributed by atoms with Crippen molar-refractivity contribution >= 4 is 45.3 Å². The van der Waals surface area contributed by atoms with Gasteiger partial charge in [-0.3, -0.25) is 9.48 Å². The van der Waals surface area contributed by atoms with Gasteiger partial charge in [0.1, 0.15) is 17.0 Å². The van der Waals surface area contributed by atoms with Crippen molar-refractivity contribution in [3.8, 4) is 11.8 Å². The molecule has 10 heteroatoms. The van der Waals surface area contributed by atoms with E-state index in [1.165, 1.54) is 12.4 Å². The van der Waals surface area contributed by atoms with Crippen LogP contribution >= 0.6 is 11.6 Å². The number of hydrogen-bond acceptors (Lipinski definition) is 5. The standard InChI is InChI=1S/C23H19ClFN7O/c1-3-18(33)31-9-7-14(11-31)32-17-6-8-27-23(26)19(17)15(29-32)5-4-13-10-16-22(21(25)20(13)24)30(2)12-28-16/h3,6,8,10,12,14H,1,7,9,11H2,2H3,(H2,26,27). The quantitative estimate of drug-likeness (QED) is 0.364. The van der Waals surface area contributed by atoms with Crippen molar-refractivity contribution in [2.75, 3.05) is 18.8 Å². The number of pyridine rings is 1. The predicted octanol–water partition coefficient (Wildman–Crippen LogP) is 3.05. The molecule has 1 aliphatic heterocycles. The number of aryl methyl sites for hydroxylation is 1. The number of likely N-dealkylation sites (tertiary alicyclic amines) is 1. The van der Waals surface area contributed by atoms with Crippen molar-refractivity contribution in [1.29, 1.82) is 0 Å². The van der Waals surface area contributed by atoms with Crippen LogP contribution in [-0.2, 0) is 11.8 Å². The summed E-state index contributed by atoms with van der Waals surface area (Å²) in [7, 11) is 1.70. The van der Waals surface area contributed by atoms with E-state index in [0.717, 1.165) is 11.9 Å². The second-order valence-electron chi connectivity index (χ2n) is 7.84. The summed E-state index contributed by atoms with van der Waals surface area (Å²) in [6, 6.07) is 3.42. The Morgan fingerprint density at radius 2 is 2.21 bits per heavy atom. The molecule has 0 saturated carbocycles. The van der Waals surface area contributed by atoms with Crippen LogP contribution in [0.25, 0.3) is 21.9 Å². The Morgan fingerprint density at radius 1 is 1.39 bits per heavy atom. The molecule has 1 atom stereocenters. The van der Waals surface area contributed by atoms with Gasteiger partial charge in [0.15, 0.2) is 5.82 Å². The van der Waals surface area contributed by atoms with Crippen LogP contribution in [0.1, 0.15) is 23.7 Å². The van der Waals surface area contributed by atoms with Crippen LogP contribution < -0.4 is 5.73 Å². The molecule has 166 valence electrons. The second kappa shape index (κ2) is 7.90. The average Bonchev–Trinajstić information content (AvgIpc) is 3.52. The Balaban J connectivity index is 1.59. The number of fused-ring (bicyclic) bond motifs is 2. The minimum atomic E-state index is -0.576. The number of anilines is 1. The summed E-state index contributed by atoms with van der Waals surface area (Å²) in [5, 5.41) is 5.21. The SMILES string of the molecule is C=CC(=O)N1CCC(n2nc(C#Cc3cc4ncn(C)c4c(F)c3Cl)c3c(N)nccc32)C1. The van der Waals surface area contributed by atoms with Gasteiger partial charge in [-0.1, -0.05) is 24.1 Å². The lowest BCUT2D eigenvalue weighted by Gasteiger charge is -2.15. The maximum absolute atomic E-state index is 14.8. The first-order valence-electron chi connectivity index (χ1n) is 10.2. The van der Waals surface area contributed by atoms with E-state index in [1.54, 1.807) is 28.8 Å². The molecule has 1 aliphatic rings. The average molecular weight is 464 g/mol. The molecule has 5 rings (SSSR count). The monoisotopic (exact) mass is 463 g/mol. The van der Waals surface area contributed by atoms with Gasteiger partial charge in [-0.15, -0.1) is 0 Å². The zero-order valence-corrected chi connectivity index (χ0v) is 18.5. The van der Waals surface area contributed by atoms with Crippen LogP contribution in [0.5, 0.6) is 0 Å². The lowest BCUT2D eigenvalue weighted by molar-refractivity contribution is -0.125. The summed E-state index contributed by atoms with van der Waals surface area (Å²) in [6.45, 7) is 4.67. The molecular weight excluding hydrogens is 445 g/mol. The molecule has 0 aliphatic carbocycles. The van der Waals surface area contributed by atoms with Crippen molar-refractivity contribution in [2.45, 2.75) is 12.5 Å². The zero-order valence-electron chi connectivity index (χ0n) is 17.7. The maximum atomic E-state index is 14.8. The van der Waals surface area contributed by atoms with E-state index < -0.39 is 5.82 Å². The Bertz CT molecular complexity index is 1510. The van der Waals surface area contributed by atoms with Crippen LogP contribution in [0.15, 0.2) is 37.3 Å². The Morgan fingerprint density at radius 3 is 3.00 bits per heavy atom. The minimum absolute atomic E-state index is 0.0420. The predicted molar refractivity (Wildman–Crippen MR) is 124 cm³/mol. The Labute approximate surface area is 193 Å². The number of aromatic nitrogens is 5. The molecule has 0 radical (unpaired) electrons. The highest BCUT2D eigenvalue weighted by Crippen LogP contribution is 2.30. The third-order valence-electron chi connectivity index (χ3n) is 5.84. The van der Waals surface area contributed by atoms with E-state index in [-0.39, 0.29) is 22.8 Å². The first kappa shape index (κ1) is 21.0. The molecule has 1 aromatic carbocycles. The van der Waals surface area contributed by atoms with Crippen molar-refractivity contribution in [3.63, 3.8) is 0 Å². The van der Waals surface area contributed by atoms with Crippen molar-refractivity contribution in [2.24, 2.45) is 7.05 Å². The summed E-state index contributed by atoms with van der Waals surface area (Å²) in [5.41, 5.74) is 8.40. The first-order valence-corrected chi connectivity index (χ1v) is 10.6. The summed E-state index contributed by atoms with van der Waals surface area (Å²) in [4.78, 5) is 22.1. The Kier molecular flexibility index (Phi) is 5.02. The van der Waals surface area contributed by atoms with Crippen molar-refractivity contribution in [3.05, 3.63) is 59.4 Å². The number of carbonyl (C=O) groups excluding carboxylic acids is 1. The molecule has 4 heterocycles. The van der Waals surface area contributed by atoms with E-state index in [9.17, 15) is 9.18 Å². The van der Waals surface area contributed by atoms with Gasteiger partial charge in [0, 0.05) is 31.9 Å². The van der Waals surface area contributed by atoms with Crippen LogP contribution in [0.2, 0.25) is 5.02 Å². The zero-order chi connectivity index (χ0) is 23.3. The number of halogens is 2. The Hall–Kier alpha value is -3.90. The largest absolute Gasteiger partial charge is 0.383 e. The van der Waals surface area contributed by atoms with E-state index >= 15 is 0 Å². The highest BCUT2D eigenvalue weighted by Gasteiger charge is 2.29. The molecule has 33 heavy (non-hydrogen) atoms. The topological polar surface area (TPSA) is 94.9 Å². The fraction of sp³-hybridized carbons (Fsp3) is 0.217. The fourth-order valence-electron chi connectivity index (χ4n) is 4.21. The molecule has 4 aromatic rings. The van der Waals surface area contributed by atoms with Gasteiger partial charge in [-0.25, -0.2) is 14.4 Å². The molecule has 0 bridgehead atoms. The molecule has 8 nitrogen and oxygen atoms in total. The minimum Gasteiger partial charge on any atom is -0.383 e. The molecule has 1 unspecified atom stereocenters. The number of imidazole rings is 1. The van der Waals surface area contributed by atoms with Crippen LogP contribution in [0.4, 0.5) is 10.2 Å². The molecule has 3 aromatic heterocycles. The number of nitrogens with two attached hydrogens (primary N) is 1. The molecule has 2 N–H and O–H groups in total. The maximum Gasteiger partial charge on any atom is 0.246 e. The van der Waals surface area contributed by atoms with Crippen molar-refractivity contribution < 1.29 is 9.18 Å².